The molecule has 1 rings (SSSR count). The first kappa shape index (κ1) is 16.4. The fraction of sp³-hybridized carbons (Fsp3) is 0.333. The second-order valence-electron chi connectivity index (χ2n) is 3.64. The highest BCUT2D eigenvalue weighted by molar-refractivity contribution is 5.94. The maximum atomic E-state index is 11.9. The number of carbonyl (C=O) groups is 2. The first-order valence-corrected chi connectivity index (χ1v) is 5.49. The fourth-order valence-corrected chi connectivity index (χ4v) is 1.49. The molecule has 0 aliphatic rings. The van der Waals surface area contributed by atoms with Crippen LogP contribution in [0.3, 0.4) is 0 Å². The van der Waals surface area contributed by atoms with Gasteiger partial charge in [0.05, 0.1) is 0 Å². The molecule has 1 aromatic rings. The minimum absolute atomic E-state index is 0. The molecular weight excluding hydrogens is 254 g/mol. The molecule has 1 aromatic carbocycles. The average molecular weight is 272 g/mol. The number of nitrogens with two attached hydrogens (primary N) is 2. The van der Waals surface area contributed by atoms with Crippen LogP contribution in [0.4, 0.5) is 5.69 Å². The van der Waals surface area contributed by atoms with Crippen molar-refractivity contribution in [3.05, 3.63) is 30.3 Å². The Hall–Kier alpha value is -1.59. The monoisotopic (exact) mass is 271 g/mol. The van der Waals surface area contributed by atoms with Crippen LogP contribution in [0.15, 0.2) is 30.3 Å². The van der Waals surface area contributed by atoms with Crippen molar-refractivity contribution in [3.8, 4) is 0 Å². The van der Waals surface area contributed by atoms with Gasteiger partial charge < -0.3 is 16.4 Å². The topological polar surface area (TPSA) is 89.4 Å². The van der Waals surface area contributed by atoms with Crippen molar-refractivity contribution in [2.45, 2.75) is 12.8 Å². The van der Waals surface area contributed by atoms with Crippen LogP contribution >= 0.6 is 12.4 Å². The van der Waals surface area contributed by atoms with E-state index < -0.39 is 5.91 Å². The highest BCUT2D eigenvalue weighted by Gasteiger charge is 2.15. The van der Waals surface area contributed by atoms with Crippen LogP contribution in [-0.4, -0.2) is 24.9 Å². The summed E-state index contributed by atoms with van der Waals surface area (Å²) in [6.07, 6.45) is 0.402. The molecule has 0 spiro atoms. The van der Waals surface area contributed by atoms with E-state index in [1.165, 1.54) is 4.90 Å². The predicted octanol–water partition coefficient (Wildman–Crippen LogP) is 0.666. The quantitative estimate of drug-likeness (QED) is 0.797. The summed E-state index contributed by atoms with van der Waals surface area (Å²) in [5, 5.41) is 0. The molecule has 18 heavy (non-hydrogen) atoms. The number of benzene rings is 1. The van der Waals surface area contributed by atoms with Crippen LogP contribution in [0.2, 0.25) is 0 Å². The van der Waals surface area contributed by atoms with Gasteiger partial charge in [-0.25, -0.2) is 0 Å². The van der Waals surface area contributed by atoms with Gasteiger partial charge in [-0.3, -0.25) is 9.59 Å². The molecule has 0 saturated heterocycles. The van der Waals surface area contributed by atoms with Crippen molar-refractivity contribution < 1.29 is 9.59 Å². The third kappa shape index (κ3) is 5.16. The zero-order valence-electron chi connectivity index (χ0n) is 10.0. The maximum absolute atomic E-state index is 11.9. The van der Waals surface area contributed by atoms with E-state index in [0.29, 0.717) is 6.54 Å². The maximum Gasteiger partial charge on any atom is 0.228 e. The van der Waals surface area contributed by atoms with Crippen LogP contribution in [0.1, 0.15) is 12.8 Å². The molecule has 0 fully saturated rings. The van der Waals surface area contributed by atoms with Gasteiger partial charge in [0.1, 0.15) is 0 Å². The number of hydrogen-bond donors (Lipinski definition) is 2. The van der Waals surface area contributed by atoms with Gasteiger partial charge in [-0.05, 0) is 12.1 Å². The molecule has 0 radical (unpaired) electrons. The molecule has 0 unspecified atom stereocenters. The molecular formula is C12H18ClN3O2. The van der Waals surface area contributed by atoms with Crippen molar-refractivity contribution in [2.75, 3.05) is 18.0 Å². The Morgan fingerprint density at radius 2 is 1.72 bits per heavy atom. The highest BCUT2D eigenvalue weighted by atomic mass is 35.5. The van der Waals surface area contributed by atoms with Gasteiger partial charge in [0.2, 0.25) is 11.8 Å². The van der Waals surface area contributed by atoms with Gasteiger partial charge >= 0.3 is 0 Å². The highest BCUT2D eigenvalue weighted by Crippen LogP contribution is 2.14. The van der Waals surface area contributed by atoms with E-state index in [-0.39, 0.29) is 37.7 Å². The number of carbonyl (C=O) groups excluding carboxylic acids is 2. The molecule has 0 aliphatic heterocycles. The summed E-state index contributed by atoms with van der Waals surface area (Å²) in [4.78, 5) is 24.2. The van der Waals surface area contributed by atoms with E-state index in [1.54, 1.807) is 0 Å². The first-order chi connectivity index (χ1) is 8.15. The number of para-hydroxylation sites is 1. The summed E-state index contributed by atoms with van der Waals surface area (Å²) < 4.78 is 0. The van der Waals surface area contributed by atoms with Crippen molar-refractivity contribution in [1.29, 1.82) is 0 Å². The van der Waals surface area contributed by atoms with E-state index in [2.05, 4.69) is 0 Å². The molecule has 6 heteroatoms. The normalized spacial score (nSPS) is 9.39. The number of nitrogens with zero attached hydrogens (tertiary/aromatic N) is 1. The van der Waals surface area contributed by atoms with E-state index in [1.807, 2.05) is 30.3 Å². The number of anilines is 1. The molecule has 4 N–H and O–H groups in total. The lowest BCUT2D eigenvalue weighted by Gasteiger charge is -2.22. The summed E-state index contributed by atoms with van der Waals surface area (Å²) in [6.45, 7) is 0.580. The number of rotatable bonds is 6. The number of hydrogen-bond acceptors (Lipinski definition) is 3. The van der Waals surface area contributed by atoms with Gasteiger partial charge in [0.15, 0.2) is 0 Å². The lowest BCUT2D eigenvalue weighted by Crippen LogP contribution is -2.35. The zero-order valence-corrected chi connectivity index (χ0v) is 10.9. The minimum atomic E-state index is -0.425. The average Bonchev–Trinajstić information content (AvgIpc) is 2.30. The van der Waals surface area contributed by atoms with E-state index in [0.717, 1.165) is 5.69 Å². The third-order valence-electron chi connectivity index (χ3n) is 2.31. The van der Waals surface area contributed by atoms with Crippen LogP contribution < -0.4 is 16.4 Å². The molecule has 0 bridgehead atoms. The van der Waals surface area contributed by atoms with Gasteiger partial charge in [0.25, 0.3) is 0 Å². The number of amides is 2. The van der Waals surface area contributed by atoms with Crippen LogP contribution in [0.5, 0.6) is 0 Å². The third-order valence-corrected chi connectivity index (χ3v) is 2.31. The summed E-state index contributed by atoms with van der Waals surface area (Å²) in [5.74, 6) is -0.522. The van der Waals surface area contributed by atoms with Crippen molar-refractivity contribution in [1.82, 2.24) is 0 Å². The zero-order chi connectivity index (χ0) is 12.7. The van der Waals surface area contributed by atoms with E-state index in [4.69, 9.17) is 11.5 Å². The van der Waals surface area contributed by atoms with Gasteiger partial charge in [0, 0.05) is 31.6 Å². The van der Waals surface area contributed by atoms with E-state index >= 15 is 0 Å². The van der Waals surface area contributed by atoms with E-state index in [9.17, 15) is 9.59 Å². The number of primary amides is 1. The Bertz CT molecular complexity index is 384. The van der Waals surface area contributed by atoms with Crippen LogP contribution in [0, 0.1) is 0 Å². The smallest absolute Gasteiger partial charge is 0.228 e. The summed E-state index contributed by atoms with van der Waals surface area (Å²) >= 11 is 0. The lowest BCUT2D eigenvalue weighted by molar-refractivity contribution is -0.119. The van der Waals surface area contributed by atoms with Gasteiger partial charge in [-0.1, -0.05) is 18.2 Å². The van der Waals surface area contributed by atoms with Gasteiger partial charge in [-0.2, -0.15) is 0 Å². The molecule has 0 heterocycles. The van der Waals surface area contributed by atoms with Crippen LogP contribution in [0.25, 0.3) is 0 Å². The van der Waals surface area contributed by atoms with Crippen LogP contribution in [-0.2, 0) is 9.59 Å². The minimum Gasteiger partial charge on any atom is -0.370 e. The molecule has 5 nitrogen and oxygen atoms in total. The Kier molecular flexibility index (Phi) is 7.74. The SMILES string of the molecule is Cl.NCCC(=O)N(CCC(N)=O)c1ccccc1. The fourth-order valence-electron chi connectivity index (χ4n) is 1.49. The summed E-state index contributed by atoms with van der Waals surface area (Å²) in [7, 11) is 0. The largest absolute Gasteiger partial charge is 0.370 e. The Labute approximate surface area is 113 Å². The molecule has 0 saturated carbocycles. The Morgan fingerprint density at radius 3 is 2.22 bits per heavy atom. The van der Waals surface area contributed by atoms with Crippen molar-refractivity contribution in [2.24, 2.45) is 11.5 Å². The predicted molar refractivity (Wildman–Crippen MR) is 73.5 cm³/mol. The molecule has 0 aliphatic carbocycles. The van der Waals surface area contributed by atoms with Crippen molar-refractivity contribution >= 4 is 29.9 Å². The summed E-state index contributed by atoms with van der Waals surface area (Å²) in [5.41, 5.74) is 11.2. The number of halogens is 1. The Balaban J connectivity index is 0.00000289. The second kappa shape index (κ2) is 8.49. The molecule has 2 amide bonds. The molecule has 0 aromatic heterocycles. The second-order valence-corrected chi connectivity index (χ2v) is 3.64. The van der Waals surface area contributed by atoms with Gasteiger partial charge in [-0.15, -0.1) is 12.4 Å². The lowest BCUT2D eigenvalue weighted by atomic mass is 10.2. The Morgan fingerprint density at radius 1 is 1.11 bits per heavy atom. The molecule has 0 atom stereocenters. The summed E-state index contributed by atoms with van der Waals surface area (Å²) in [6, 6.07) is 9.17. The van der Waals surface area contributed by atoms with Crippen molar-refractivity contribution in [3.63, 3.8) is 0 Å². The first-order valence-electron chi connectivity index (χ1n) is 5.49. The molecule has 100 valence electrons. The standard InChI is InChI=1S/C12H17N3O2.ClH/c13-8-6-12(17)15(9-7-11(14)16)10-4-2-1-3-5-10;/h1-5H,6-9,13H2,(H2,14,16);1H.